The molecule has 0 spiro atoms. The van der Waals surface area contributed by atoms with Gasteiger partial charge in [0.15, 0.2) is 0 Å². The van der Waals surface area contributed by atoms with Crippen LogP contribution in [0.15, 0.2) is 54.6 Å². The Hall–Kier alpha value is -1.56. The summed E-state index contributed by atoms with van der Waals surface area (Å²) in [6, 6.07) is 19.9. The zero-order valence-electron chi connectivity index (χ0n) is 11.7. The molecule has 2 atom stereocenters. The van der Waals surface area contributed by atoms with Crippen molar-refractivity contribution in [2.45, 2.75) is 38.5 Å². The van der Waals surface area contributed by atoms with E-state index in [2.05, 4.69) is 61.5 Å². The average molecular weight is 250 g/mol. The van der Waals surface area contributed by atoms with Crippen LogP contribution in [0.25, 0.3) is 11.1 Å². The first-order chi connectivity index (χ1) is 9.34. The predicted octanol–water partition coefficient (Wildman–Crippen LogP) is 5.65. The van der Waals surface area contributed by atoms with Crippen molar-refractivity contribution < 1.29 is 0 Å². The van der Waals surface area contributed by atoms with Crippen molar-refractivity contribution in [2.75, 3.05) is 0 Å². The summed E-state index contributed by atoms with van der Waals surface area (Å²) in [5, 5.41) is 0. The average Bonchev–Trinajstić information content (AvgIpc) is 2.49. The summed E-state index contributed by atoms with van der Waals surface area (Å²) in [6.45, 7) is 2.41. The fourth-order valence-electron chi connectivity index (χ4n) is 3.36. The molecule has 1 unspecified atom stereocenters. The topological polar surface area (TPSA) is 0 Å². The summed E-state index contributed by atoms with van der Waals surface area (Å²) in [7, 11) is 0. The highest BCUT2D eigenvalue weighted by Crippen LogP contribution is 2.37. The Labute approximate surface area is 116 Å². The Morgan fingerprint density at radius 3 is 2.05 bits per heavy atom. The van der Waals surface area contributed by atoms with Gasteiger partial charge < -0.3 is 0 Å². The molecule has 3 rings (SSSR count). The Balaban J connectivity index is 1.83. The van der Waals surface area contributed by atoms with Crippen LogP contribution in [0.2, 0.25) is 0 Å². The molecule has 1 aliphatic carbocycles. The minimum atomic E-state index is 0.776. The molecule has 2 aromatic carbocycles. The Morgan fingerprint density at radius 2 is 1.37 bits per heavy atom. The van der Waals surface area contributed by atoms with Gasteiger partial charge in [0, 0.05) is 0 Å². The van der Waals surface area contributed by atoms with Crippen LogP contribution in [-0.2, 0) is 0 Å². The zero-order valence-corrected chi connectivity index (χ0v) is 11.7. The third-order valence-electron chi connectivity index (χ3n) is 4.56. The van der Waals surface area contributed by atoms with E-state index in [1.54, 1.807) is 0 Å². The minimum absolute atomic E-state index is 0.776. The highest BCUT2D eigenvalue weighted by molar-refractivity contribution is 5.63. The first-order valence-corrected chi connectivity index (χ1v) is 7.50. The van der Waals surface area contributed by atoms with Crippen LogP contribution in [0, 0.1) is 5.92 Å². The van der Waals surface area contributed by atoms with Crippen LogP contribution in [0.5, 0.6) is 0 Å². The first kappa shape index (κ1) is 12.5. The monoisotopic (exact) mass is 250 g/mol. The van der Waals surface area contributed by atoms with Gasteiger partial charge >= 0.3 is 0 Å². The van der Waals surface area contributed by atoms with Crippen molar-refractivity contribution in [3.8, 4) is 11.1 Å². The number of hydrogen-bond acceptors (Lipinski definition) is 0. The quantitative estimate of drug-likeness (QED) is 0.646. The highest BCUT2D eigenvalue weighted by Gasteiger charge is 2.22. The molecule has 2 aromatic rings. The van der Waals surface area contributed by atoms with E-state index in [1.807, 2.05) is 0 Å². The van der Waals surface area contributed by atoms with E-state index in [1.165, 1.54) is 42.4 Å². The molecular formula is C19H22. The lowest BCUT2D eigenvalue weighted by molar-refractivity contribution is 0.330. The summed E-state index contributed by atoms with van der Waals surface area (Å²) in [4.78, 5) is 0. The van der Waals surface area contributed by atoms with Crippen LogP contribution in [-0.4, -0.2) is 0 Å². The van der Waals surface area contributed by atoms with Gasteiger partial charge in [-0.3, -0.25) is 0 Å². The van der Waals surface area contributed by atoms with E-state index < -0.39 is 0 Å². The van der Waals surface area contributed by atoms with Gasteiger partial charge in [-0.2, -0.15) is 0 Å². The molecule has 0 N–H and O–H groups in total. The molecule has 0 aliphatic heterocycles. The second kappa shape index (κ2) is 5.61. The SMILES string of the molecule is C[C@H]1CCCCC1c1ccc(-c2ccccc2)cc1. The van der Waals surface area contributed by atoms with Crippen LogP contribution in [0.1, 0.15) is 44.1 Å². The summed E-state index contributed by atoms with van der Waals surface area (Å²) in [5.74, 6) is 1.62. The first-order valence-electron chi connectivity index (χ1n) is 7.50. The Bertz CT molecular complexity index is 509. The molecule has 0 radical (unpaired) electrons. The lowest BCUT2D eigenvalue weighted by atomic mass is 9.76. The van der Waals surface area contributed by atoms with E-state index in [-0.39, 0.29) is 0 Å². The molecule has 0 nitrogen and oxygen atoms in total. The maximum atomic E-state index is 2.41. The van der Waals surface area contributed by atoms with E-state index in [0.29, 0.717) is 0 Å². The molecule has 0 heteroatoms. The van der Waals surface area contributed by atoms with Crippen molar-refractivity contribution in [3.05, 3.63) is 60.2 Å². The molecule has 0 aromatic heterocycles. The standard InChI is InChI=1S/C19H22/c1-15-7-5-6-10-19(15)18-13-11-17(12-14-18)16-8-3-2-4-9-16/h2-4,8-9,11-15,19H,5-7,10H2,1H3/t15-,19?/m0/s1. The van der Waals surface area contributed by atoms with E-state index in [9.17, 15) is 0 Å². The van der Waals surface area contributed by atoms with Crippen molar-refractivity contribution >= 4 is 0 Å². The highest BCUT2D eigenvalue weighted by atomic mass is 14.3. The van der Waals surface area contributed by atoms with Crippen molar-refractivity contribution in [1.29, 1.82) is 0 Å². The van der Waals surface area contributed by atoms with Crippen LogP contribution >= 0.6 is 0 Å². The molecule has 0 saturated heterocycles. The van der Waals surface area contributed by atoms with Crippen LogP contribution in [0.4, 0.5) is 0 Å². The molecule has 1 aliphatic rings. The summed E-state index contributed by atoms with van der Waals surface area (Å²) >= 11 is 0. The van der Waals surface area contributed by atoms with Crippen molar-refractivity contribution in [1.82, 2.24) is 0 Å². The third kappa shape index (κ3) is 2.73. The van der Waals surface area contributed by atoms with Crippen molar-refractivity contribution in [3.63, 3.8) is 0 Å². The van der Waals surface area contributed by atoms with Gasteiger partial charge in [0.25, 0.3) is 0 Å². The predicted molar refractivity (Wildman–Crippen MR) is 82.3 cm³/mol. The summed E-state index contributed by atoms with van der Waals surface area (Å²) in [6.07, 6.45) is 5.58. The maximum absolute atomic E-state index is 2.41. The molecule has 0 amide bonds. The Kier molecular flexibility index (Phi) is 3.68. The molecule has 19 heavy (non-hydrogen) atoms. The lowest BCUT2D eigenvalue weighted by Crippen LogP contribution is -2.14. The third-order valence-corrected chi connectivity index (χ3v) is 4.56. The smallest absolute Gasteiger partial charge is 0.0136 e. The van der Waals surface area contributed by atoms with E-state index in [4.69, 9.17) is 0 Å². The molecule has 98 valence electrons. The molecule has 0 bridgehead atoms. The van der Waals surface area contributed by atoms with Crippen LogP contribution < -0.4 is 0 Å². The van der Waals surface area contributed by atoms with Gasteiger partial charge in [-0.1, -0.05) is 80.8 Å². The van der Waals surface area contributed by atoms with Gasteiger partial charge in [0.2, 0.25) is 0 Å². The van der Waals surface area contributed by atoms with Gasteiger partial charge in [-0.05, 0) is 34.9 Å². The normalized spacial score (nSPS) is 23.2. The number of hydrogen-bond donors (Lipinski definition) is 0. The number of rotatable bonds is 2. The maximum Gasteiger partial charge on any atom is -0.0136 e. The fraction of sp³-hybridized carbons (Fsp3) is 0.368. The molecule has 0 heterocycles. The molecule has 1 fully saturated rings. The van der Waals surface area contributed by atoms with E-state index in [0.717, 1.165) is 11.8 Å². The summed E-state index contributed by atoms with van der Waals surface area (Å²) < 4.78 is 0. The molecule has 1 saturated carbocycles. The fourth-order valence-corrected chi connectivity index (χ4v) is 3.36. The molecular weight excluding hydrogens is 228 g/mol. The second-order valence-electron chi connectivity index (χ2n) is 5.86. The van der Waals surface area contributed by atoms with Gasteiger partial charge in [-0.15, -0.1) is 0 Å². The van der Waals surface area contributed by atoms with Gasteiger partial charge in [-0.25, -0.2) is 0 Å². The van der Waals surface area contributed by atoms with E-state index >= 15 is 0 Å². The zero-order chi connectivity index (χ0) is 13.1. The summed E-state index contributed by atoms with van der Waals surface area (Å²) in [5.41, 5.74) is 4.17. The minimum Gasteiger partial charge on any atom is -0.0622 e. The lowest BCUT2D eigenvalue weighted by Gasteiger charge is -2.29. The number of benzene rings is 2. The second-order valence-corrected chi connectivity index (χ2v) is 5.86. The largest absolute Gasteiger partial charge is 0.0622 e. The Morgan fingerprint density at radius 1 is 0.737 bits per heavy atom. The van der Waals surface area contributed by atoms with Crippen LogP contribution in [0.3, 0.4) is 0 Å². The van der Waals surface area contributed by atoms with Crippen molar-refractivity contribution in [2.24, 2.45) is 5.92 Å². The van der Waals surface area contributed by atoms with Gasteiger partial charge in [0.1, 0.15) is 0 Å². The van der Waals surface area contributed by atoms with Gasteiger partial charge in [0.05, 0.1) is 0 Å².